The Morgan fingerprint density at radius 2 is 2.11 bits per heavy atom. The van der Waals surface area contributed by atoms with Gasteiger partial charge in [0, 0.05) is 18.0 Å². The highest BCUT2D eigenvalue weighted by Crippen LogP contribution is 2.32. The molecule has 0 spiro atoms. The summed E-state index contributed by atoms with van der Waals surface area (Å²) in [5.74, 6) is -1.19. The molecule has 0 saturated heterocycles. The number of carboxylic acids is 1. The van der Waals surface area contributed by atoms with Gasteiger partial charge in [-0.1, -0.05) is 0 Å². The molecular weight excluding hydrogens is 266 g/mol. The summed E-state index contributed by atoms with van der Waals surface area (Å²) in [6, 6.07) is 1.79. The quantitative estimate of drug-likeness (QED) is 0.780. The van der Waals surface area contributed by atoms with Crippen LogP contribution in [0, 0.1) is 6.92 Å². The largest absolute Gasteiger partial charge is 0.481 e. The van der Waals surface area contributed by atoms with E-state index in [0.29, 0.717) is 25.3 Å². The van der Waals surface area contributed by atoms with Gasteiger partial charge in [0.2, 0.25) is 0 Å². The maximum absolute atomic E-state index is 11.9. The molecular formula is C13H19NO4S. The number of rotatable bonds is 7. The molecule has 6 heteroatoms. The second kappa shape index (κ2) is 7.13. The number of carbonyl (C=O) groups is 2. The molecule has 0 aliphatic carbocycles. The van der Waals surface area contributed by atoms with Crippen LogP contribution in [0.5, 0.6) is 0 Å². The number of nitrogens with zero attached hydrogens (tertiary/aromatic N) is 1. The molecule has 1 rings (SSSR count). The Bertz CT molecular complexity index is 455. The first-order valence-corrected chi connectivity index (χ1v) is 7.05. The van der Waals surface area contributed by atoms with E-state index in [-0.39, 0.29) is 12.4 Å². The summed E-state index contributed by atoms with van der Waals surface area (Å²) in [5.41, 5.74) is 0.525. The number of thiophene rings is 1. The molecule has 1 aromatic rings. The average molecular weight is 285 g/mol. The first-order valence-electron chi connectivity index (χ1n) is 6.23. The minimum atomic E-state index is -0.843. The molecule has 5 nitrogen and oxygen atoms in total. The molecule has 106 valence electrons. The fraction of sp³-hybridized carbons (Fsp3) is 0.538. The SMILES string of the molecule is CCOC(=O)c1cc(C)sc1N(CC)CCC(=O)O. The molecule has 0 saturated carbocycles. The van der Waals surface area contributed by atoms with Crippen molar-refractivity contribution in [2.75, 3.05) is 24.6 Å². The number of anilines is 1. The van der Waals surface area contributed by atoms with Gasteiger partial charge in [-0.3, -0.25) is 4.79 Å². The van der Waals surface area contributed by atoms with Crippen molar-refractivity contribution in [2.45, 2.75) is 27.2 Å². The van der Waals surface area contributed by atoms with Gasteiger partial charge in [0.1, 0.15) is 5.00 Å². The lowest BCUT2D eigenvalue weighted by Gasteiger charge is -2.21. The van der Waals surface area contributed by atoms with Gasteiger partial charge >= 0.3 is 11.9 Å². The predicted molar refractivity (Wildman–Crippen MR) is 75.2 cm³/mol. The van der Waals surface area contributed by atoms with Crippen LogP contribution in [0.1, 0.15) is 35.5 Å². The van der Waals surface area contributed by atoms with Gasteiger partial charge in [0.25, 0.3) is 0 Å². The third kappa shape index (κ3) is 4.24. The van der Waals surface area contributed by atoms with E-state index in [9.17, 15) is 9.59 Å². The molecule has 0 aliphatic heterocycles. The normalized spacial score (nSPS) is 10.3. The Hall–Kier alpha value is -1.56. The van der Waals surface area contributed by atoms with Crippen molar-refractivity contribution in [2.24, 2.45) is 0 Å². The van der Waals surface area contributed by atoms with E-state index in [4.69, 9.17) is 9.84 Å². The highest BCUT2D eigenvalue weighted by molar-refractivity contribution is 7.16. The van der Waals surface area contributed by atoms with E-state index in [2.05, 4.69) is 0 Å². The average Bonchev–Trinajstić information content (AvgIpc) is 2.72. The fourth-order valence-electron chi connectivity index (χ4n) is 1.73. The van der Waals surface area contributed by atoms with Crippen molar-refractivity contribution < 1.29 is 19.4 Å². The van der Waals surface area contributed by atoms with Gasteiger partial charge in [0.05, 0.1) is 18.6 Å². The maximum atomic E-state index is 11.9. The third-order valence-corrected chi connectivity index (χ3v) is 3.71. The van der Waals surface area contributed by atoms with Gasteiger partial charge in [0.15, 0.2) is 0 Å². The van der Waals surface area contributed by atoms with Gasteiger partial charge in [-0.15, -0.1) is 11.3 Å². The molecule has 0 aromatic carbocycles. The monoisotopic (exact) mass is 285 g/mol. The summed E-state index contributed by atoms with van der Waals surface area (Å²) in [7, 11) is 0. The summed E-state index contributed by atoms with van der Waals surface area (Å²) in [4.78, 5) is 25.4. The van der Waals surface area contributed by atoms with E-state index in [1.807, 2.05) is 18.7 Å². The minimum Gasteiger partial charge on any atom is -0.481 e. The lowest BCUT2D eigenvalue weighted by molar-refractivity contribution is -0.136. The van der Waals surface area contributed by atoms with Crippen molar-refractivity contribution in [1.82, 2.24) is 0 Å². The Labute approximate surface area is 116 Å². The highest BCUT2D eigenvalue weighted by Gasteiger charge is 2.20. The van der Waals surface area contributed by atoms with Crippen molar-refractivity contribution in [3.8, 4) is 0 Å². The van der Waals surface area contributed by atoms with E-state index >= 15 is 0 Å². The molecule has 0 unspecified atom stereocenters. The summed E-state index contributed by atoms with van der Waals surface area (Å²) in [6.45, 7) is 6.98. The van der Waals surface area contributed by atoms with E-state index in [1.165, 1.54) is 11.3 Å². The summed E-state index contributed by atoms with van der Waals surface area (Å²) < 4.78 is 5.03. The number of hydrogen-bond donors (Lipinski definition) is 1. The van der Waals surface area contributed by atoms with Crippen LogP contribution in [0.4, 0.5) is 5.00 Å². The molecule has 1 heterocycles. The second-order valence-electron chi connectivity index (χ2n) is 4.02. The molecule has 19 heavy (non-hydrogen) atoms. The van der Waals surface area contributed by atoms with Crippen LogP contribution < -0.4 is 4.90 Å². The summed E-state index contributed by atoms with van der Waals surface area (Å²) in [5, 5.41) is 9.55. The van der Waals surface area contributed by atoms with Crippen molar-refractivity contribution >= 4 is 28.3 Å². The smallest absolute Gasteiger partial charge is 0.341 e. The number of ether oxygens (including phenoxy) is 1. The van der Waals surface area contributed by atoms with Crippen molar-refractivity contribution in [1.29, 1.82) is 0 Å². The summed E-state index contributed by atoms with van der Waals surface area (Å²) in [6.07, 6.45) is 0.0487. The predicted octanol–water partition coefficient (Wildman–Crippen LogP) is 2.53. The topological polar surface area (TPSA) is 66.8 Å². The number of hydrogen-bond acceptors (Lipinski definition) is 5. The standard InChI is InChI=1S/C13H19NO4S/c1-4-14(7-6-11(15)16)12-10(8-9(3)19-12)13(17)18-5-2/h8H,4-7H2,1-3H3,(H,15,16). The van der Waals surface area contributed by atoms with Gasteiger partial charge in [-0.2, -0.15) is 0 Å². The number of carboxylic acid groups (broad SMARTS) is 1. The second-order valence-corrected chi connectivity index (χ2v) is 5.25. The molecule has 0 aliphatic rings. The fourth-order valence-corrected chi connectivity index (χ4v) is 2.81. The lowest BCUT2D eigenvalue weighted by Crippen LogP contribution is -2.26. The third-order valence-electron chi connectivity index (χ3n) is 2.60. The van der Waals surface area contributed by atoms with Crippen LogP contribution in [0.3, 0.4) is 0 Å². The van der Waals surface area contributed by atoms with Crippen LogP contribution in [0.15, 0.2) is 6.07 Å². The van der Waals surface area contributed by atoms with Gasteiger partial charge < -0.3 is 14.7 Å². The van der Waals surface area contributed by atoms with Crippen LogP contribution in [-0.4, -0.2) is 36.7 Å². The molecule has 0 atom stereocenters. The zero-order valence-corrected chi connectivity index (χ0v) is 12.2. The van der Waals surface area contributed by atoms with Gasteiger partial charge in [-0.25, -0.2) is 4.79 Å². The van der Waals surface area contributed by atoms with Gasteiger partial charge in [-0.05, 0) is 26.8 Å². The first-order chi connectivity index (χ1) is 8.99. The number of carbonyl (C=O) groups excluding carboxylic acids is 1. The lowest BCUT2D eigenvalue weighted by atomic mass is 10.2. The Morgan fingerprint density at radius 3 is 2.63 bits per heavy atom. The Balaban J connectivity index is 2.95. The molecule has 1 aromatic heterocycles. The minimum absolute atomic E-state index is 0.0487. The van der Waals surface area contributed by atoms with Crippen LogP contribution in [0.25, 0.3) is 0 Å². The zero-order valence-electron chi connectivity index (χ0n) is 11.4. The van der Waals surface area contributed by atoms with Crippen LogP contribution >= 0.6 is 11.3 Å². The maximum Gasteiger partial charge on any atom is 0.341 e. The number of aliphatic carboxylic acids is 1. The van der Waals surface area contributed by atoms with E-state index < -0.39 is 5.97 Å². The number of aryl methyl sites for hydroxylation is 1. The van der Waals surface area contributed by atoms with E-state index in [1.54, 1.807) is 13.0 Å². The molecule has 0 radical (unpaired) electrons. The first kappa shape index (κ1) is 15.5. The molecule has 1 N–H and O–H groups in total. The highest BCUT2D eigenvalue weighted by atomic mass is 32.1. The Kier molecular flexibility index (Phi) is 5.82. The molecule has 0 fully saturated rings. The number of esters is 1. The van der Waals surface area contributed by atoms with E-state index in [0.717, 1.165) is 9.88 Å². The van der Waals surface area contributed by atoms with Crippen LogP contribution in [-0.2, 0) is 9.53 Å². The molecule has 0 bridgehead atoms. The molecule has 0 amide bonds. The Morgan fingerprint density at radius 1 is 1.42 bits per heavy atom. The summed E-state index contributed by atoms with van der Waals surface area (Å²) >= 11 is 1.49. The van der Waals surface area contributed by atoms with Crippen molar-refractivity contribution in [3.05, 3.63) is 16.5 Å². The van der Waals surface area contributed by atoms with Crippen molar-refractivity contribution in [3.63, 3.8) is 0 Å². The van der Waals surface area contributed by atoms with Crippen LogP contribution in [0.2, 0.25) is 0 Å². The zero-order chi connectivity index (χ0) is 14.4.